The first-order valence-electron chi connectivity index (χ1n) is 15.0. The van der Waals surface area contributed by atoms with Gasteiger partial charge in [0, 0.05) is 11.3 Å². The molecule has 240 valence electrons. The van der Waals surface area contributed by atoms with Gasteiger partial charge in [0.25, 0.3) is 11.3 Å². The number of nitrogens with zero attached hydrogens (tertiary/aromatic N) is 1. The van der Waals surface area contributed by atoms with E-state index in [4.69, 9.17) is 14.2 Å². The molecular weight excluding hydrogens is 620 g/mol. The number of benzene rings is 3. The normalized spacial score (nSPS) is 17.6. The Kier molecular flexibility index (Phi) is 8.74. The molecule has 1 N–H and O–H groups in total. The lowest BCUT2D eigenvalue weighted by atomic mass is 9.95. The molecule has 11 heteroatoms. The number of β-lactam (4-membered cyclic amide) rings is 1. The summed E-state index contributed by atoms with van der Waals surface area (Å²) in [5, 5.41) is 1.92. The van der Waals surface area contributed by atoms with E-state index in [0.29, 0.717) is 11.1 Å². The van der Waals surface area contributed by atoms with Crippen LogP contribution in [0.3, 0.4) is 0 Å². The van der Waals surface area contributed by atoms with Crippen LogP contribution in [0, 0.1) is 0 Å². The number of alkyl carbamates (subject to hydrolysis) is 1. The molecular formula is C36H32N2O8S. The van der Waals surface area contributed by atoms with E-state index >= 15 is 0 Å². The lowest BCUT2D eigenvalue weighted by Crippen LogP contribution is -2.70. The predicted molar refractivity (Wildman–Crippen MR) is 176 cm³/mol. The van der Waals surface area contributed by atoms with Crippen LogP contribution in [0.2, 0.25) is 0 Å². The quantitative estimate of drug-likeness (QED) is 0.155. The molecule has 10 nitrogen and oxygen atoms in total. The molecule has 2 aliphatic rings. The fourth-order valence-corrected chi connectivity index (χ4v) is 6.85. The van der Waals surface area contributed by atoms with Crippen molar-refractivity contribution in [1.29, 1.82) is 0 Å². The van der Waals surface area contributed by atoms with Crippen molar-refractivity contribution in [3.63, 3.8) is 0 Å². The first-order chi connectivity index (χ1) is 22.5. The summed E-state index contributed by atoms with van der Waals surface area (Å²) >= 11 is 1.24. The van der Waals surface area contributed by atoms with Gasteiger partial charge in [-0.05, 0) is 37.5 Å². The van der Waals surface area contributed by atoms with Crippen LogP contribution < -0.4 is 20.9 Å². The molecule has 0 saturated carbocycles. The van der Waals surface area contributed by atoms with Gasteiger partial charge in [0.15, 0.2) is 11.9 Å². The molecule has 0 bridgehead atoms. The van der Waals surface area contributed by atoms with E-state index in [2.05, 4.69) is 5.32 Å². The Morgan fingerprint density at radius 3 is 2.02 bits per heavy atom. The molecule has 2 heterocycles. The number of hydrogen-bond donors (Lipinski definition) is 1. The van der Waals surface area contributed by atoms with Crippen molar-refractivity contribution < 1.29 is 28.6 Å². The van der Waals surface area contributed by atoms with E-state index < -0.39 is 51.9 Å². The number of fused-ring (bicyclic) bond motifs is 1. The number of nitrogens with one attached hydrogen (secondary N) is 1. The Bertz CT molecular complexity index is 1870. The lowest BCUT2D eigenvalue weighted by molar-refractivity contribution is -0.153. The number of hydrogen-bond acceptors (Lipinski definition) is 9. The second-order valence-electron chi connectivity index (χ2n) is 12.1. The van der Waals surface area contributed by atoms with Gasteiger partial charge in [-0.15, -0.1) is 11.8 Å². The van der Waals surface area contributed by atoms with Crippen molar-refractivity contribution in [2.75, 3.05) is 5.75 Å². The highest BCUT2D eigenvalue weighted by Gasteiger charge is 2.56. The fourth-order valence-electron chi connectivity index (χ4n) is 5.49. The van der Waals surface area contributed by atoms with Crippen LogP contribution in [0.1, 0.15) is 49.1 Å². The molecule has 6 rings (SSSR count). The highest BCUT2D eigenvalue weighted by atomic mass is 32.2. The molecule has 0 radical (unpaired) electrons. The zero-order valence-corrected chi connectivity index (χ0v) is 26.7. The highest BCUT2D eigenvalue weighted by molar-refractivity contribution is 8.00. The van der Waals surface area contributed by atoms with Crippen LogP contribution in [0.25, 0.3) is 5.57 Å². The van der Waals surface area contributed by atoms with E-state index in [0.717, 1.165) is 5.56 Å². The van der Waals surface area contributed by atoms with Gasteiger partial charge in [-0.2, -0.15) is 0 Å². The van der Waals surface area contributed by atoms with E-state index in [1.807, 2.05) is 91.0 Å². The summed E-state index contributed by atoms with van der Waals surface area (Å²) in [6.45, 7) is 5.14. The number of amides is 2. The Balaban J connectivity index is 1.38. The maximum Gasteiger partial charge on any atom is 0.408 e. The molecule has 4 aromatic rings. The first-order valence-corrected chi connectivity index (χ1v) is 16.1. The summed E-state index contributed by atoms with van der Waals surface area (Å²) in [6, 6.07) is 26.4. The van der Waals surface area contributed by atoms with Crippen molar-refractivity contribution in [3.05, 3.63) is 139 Å². The Morgan fingerprint density at radius 1 is 0.872 bits per heavy atom. The van der Waals surface area contributed by atoms with Crippen LogP contribution in [0.5, 0.6) is 5.75 Å². The summed E-state index contributed by atoms with van der Waals surface area (Å²) < 4.78 is 17.3. The zero-order chi connectivity index (χ0) is 33.3. The van der Waals surface area contributed by atoms with Crippen molar-refractivity contribution in [1.82, 2.24) is 10.2 Å². The third-order valence-corrected chi connectivity index (χ3v) is 8.94. The Labute approximate surface area is 275 Å². The summed E-state index contributed by atoms with van der Waals surface area (Å²) in [5.41, 5.74) is -0.324. The van der Waals surface area contributed by atoms with Crippen molar-refractivity contribution in [3.8, 4) is 5.75 Å². The minimum Gasteiger partial charge on any atom is -0.484 e. The molecule has 1 saturated heterocycles. The zero-order valence-electron chi connectivity index (χ0n) is 25.9. The predicted octanol–water partition coefficient (Wildman–Crippen LogP) is 4.71. The molecule has 2 amide bonds. The van der Waals surface area contributed by atoms with E-state index in [9.17, 15) is 24.0 Å². The topological polar surface area (TPSA) is 128 Å². The van der Waals surface area contributed by atoms with Gasteiger partial charge in [-0.1, -0.05) is 91.0 Å². The summed E-state index contributed by atoms with van der Waals surface area (Å²) in [4.78, 5) is 67.6. The van der Waals surface area contributed by atoms with Crippen LogP contribution in [0.15, 0.2) is 106 Å². The lowest BCUT2D eigenvalue weighted by Gasteiger charge is -2.49. The number of thioether (sulfide) groups is 1. The van der Waals surface area contributed by atoms with Gasteiger partial charge in [-0.3, -0.25) is 19.3 Å². The third kappa shape index (κ3) is 6.44. The average molecular weight is 653 g/mol. The molecule has 2 aliphatic heterocycles. The summed E-state index contributed by atoms with van der Waals surface area (Å²) in [6.07, 6.45) is -1.62. The number of rotatable bonds is 9. The monoisotopic (exact) mass is 652 g/mol. The molecule has 47 heavy (non-hydrogen) atoms. The smallest absolute Gasteiger partial charge is 0.408 e. The van der Waals surface area contributed by atoms with Crippen molar-refractivity contribution in [2.45, 2.75) is 50.5 Å². The maximum absolute atomic E-state index is 14.3. The highest BCUT2D eigenvalue weighted by Crippen LogP contribution is 2.45. The summed E-state index contributed by atoms with van der Waals surface area (Å²) in [5.74, 6) is -1.55. The largest absolute Gasteiger partial charge is 0.484 e. The number of carbonyl (C=O) groups is 3. The molecule has 1 unspecified atom stereocenters. The Hall–Kier alpha value is -5.16. The minimum atomic E-state index is -0.986. The minimum absolute atomic E-state index is 0.0239. The number of esters is 1. The summed E-state index contributed by atoms with van der Waals surface area (Å²) in [7, 11) is 0. The second-order valence-corrected chi connectivity index (χ2v) is 13.2. The van der Waals surface area contributed by atoms with E-state index in [-0.39, 0.29) is 34.9 Å². The van der Waals surface area contributed by atoms with E-state index in [1.165, 1.54) is 16.7 Å². The van der Waals surface area contributed by atoms with Crippen LogP contribution in [-0.2, 0) is 25.7 Å². The SMILES string of the molecule is CC(C)(C)OC(=O)NC1C(=O)N2C(C(=O)OC(c3ccccc3)c3ccccc3)=C(c3c(OCc4ccccc4)c(=O)c3=O)CS[C@@H]12. The van der Waals surface area contributed by atoms with Gasteiger partial charge in [0.05, 0.1) is 5.56 Å². The number of ether oxygens (including phenoxy) is 3. The van der Waals surface area contributed by atoms with Crippen molar-refractivity contribution >= 4 is 35.3 Å². The second kappa shape index (κ2) is 12.9. The standard InChI is InChI=1S/C36H32N2O8S/c1-36(2,3)46-35(43)37-26-32(41)38-27(34(42)45-30(22-15-9-5-10-16-22)23-17-11-6-12-18-23)24(20-47-33(26)38)25-28(39)29(40)31(25)44-19-21-13-7-4-8-14-21/h4-18,26,30,33H,19-20H2,1-3H3,(H,37,43)/t26?,33-/m0/s1. The third-order valence-electron chi connectivity index (χ3n) is 7.66. The number of carbonyl (C=O) groups excluding carboxylic acids is 3. The van der Waals surface area contributed by atoms with Gasteiger partial charge in [0.1, 0.15) is 29.3 Å². The fraction of sp³-hybridized carbons (Fsp3) is 0.250. The van der Waals surface area contributed by atoms with Gasteiger partial charge < -0.3 is 19.5 Å². The molecule has 4 aromatic carbocycles. The van der Waals surface area contributed by atoms with Gasteiger partial charge in [-0.25, -0.2) is 9.59 Å². The molecule has 1 fully saturated rings. The average Bonchev–Trinajstić information content (AvgIpc) is 3.07. The van der Waals surface area contributed by atoms with Gasteiger partial charge >= 0.3 is 12.1 Å². The van der Waals surface area contributed by atoms with Crippen LogP contribution >= 0.6 is 11.8 Å². The van der Waals surface area contributed by atoms with E-state index in [1.54, 1.807) is 20.8 Å². The first kappa shape index (κ1) is 31.8. The Morgan fingerprint density at radius 2 is 1.45 bits per heavy atom. The molecule has 0 spiro atoms. The van der Waals surface area contributed by atoms with Crippen LogP contribution in [-0.4, -0.2) is 45.6 Å². The molecule has 2 atom stereocenters. The van der Waals surface area contributed by atoms with Gasteiger partial charge in [0.2, 0.25) is 5.43 Å². The van der Waals surface area contributed by atoms with Crippen molar-refractivity contribution in [2.24, 2.45) is 0 Å². The molecule has 0 aliphatic carbocycles. The van der Waals surface area contributed by atoms with Crippen LogP contribution in [0.4, 0.5) is 4.79 Å². The molecule has 0 aromatic heterocycles. The maximum atomic E-state index is 14.3.